The highest BCUT2D eigenvalue weighted by molar-refractivity contribution is 5.84. The summed E-state index contributed by atoms with van der Waals surface area (Å²) < 4.78 is 0. The molecule has 0 aromatic rings. The third kappa shape index (κ3) is 2.41. The predicted molar refractivity (Wildman–Crippen MR) is 71.0 cm³/mol. The molecule has 1 amide bonds. The van der Waals surface area contributed by atoms with Gasteiger partial charge in [-0.3, -0.25) is 4.79 Å². The van der Waals surface area contributed by atoms with Crippen molar-refractivity contribution < 1.29 is 9.90 Å². The van der Waals surface area contributed by atoms with Crippen molar-refractivity contribution >= 4 is 5.91 Å². The van der Waals surface area contributed by atoms with Crippen LogP contribution >= 0.6 is 0 Å². The minimum atomic E-state index is -0.445. The van der Waals surface area contributed by atoms with E-state index in [2.05, 4.69) is 5.32 Å². The molecule has 0 heterocycles. The van der Waals surface area contributed by atoms with E-state index in [1.807, 2.05) is 6.92 Å². The molecule has 2 unspecified atom stereocenters. The molecule has 104 valence electrons. The van der Waals surface area contributed by atoms with Gasteiger partial charge in [0.2, 0.25) is 5.91 Å². The molecule has 0 aliphatic heterocycles. The molecule has 4 N–H and O–H groups in total. The Morgan fingerprint density at radius 3 is 2.44 bits per heavy atom. The fraction of sp³-hybridized carbons (Fsp3) is 0.929. The van der Waals surface area contributed by atoms with Crippen LogP contribution in [0.4, 0.5) is 0 Å². The van der Waals surface area contributed by atoms with Crippen molar-refractivity contribution in [1.29, 1.82) is 0 Å². The highest BCUT2D eigenvalue weighted by Gasteiger charge is 2.45. The molecule has 4 heteroatoms. The maximum Gasteiger partial charge on any atom is 0.228 e. The lowest BCUT2D eigenvalue weighted by molar-refractivity contribution is -0.133. The third-order valence-corrected chi connectivity index (χ3v) is 5.04. The monoisotopic (exact) mass is 254 g/mol. The van der Waals surface area contributed by atoms with Crippen molar-refractivity contribution in [2.24, 2.45) is 11.1 Å². The highest BCUT2D eigenvalue weighted by atomic mass is 16.3. The largest absolute Gasteiger partial charge is 0.394 e. The van der Waals surface area contributed by atoms with Gasteiger partial charge < -0.3 is 16.2 Å². The van der Waals surface area contributed by atoms with Crippen LogP contribution in [0.3, 0.4) is 0 Å². The molecule has 0 aromatic heterocycles. The number of aliphatic hydroxyl groups excluding tert-OH is 1. The number of nitrogens with two attached hydrogens (primary N) is 1. The molecular formula is C14H26N2O2. The second-order valence-corrected chi connectivity index (χ2v) is 6.37. The first-order chi connectivity index (χ1) is 8.52. The zero-order chi connectivity index (χ0) is 13.2. The van der Waals surface area contributed by atoms with Gasteiger partial charge in [-0.15, -0.1) is 0 Å². The summed E-state index contributed by atoms with van der Waals surface area (Å²) in [5, 5.41) is 12.8. The van der Waals surface area contributed by atoms with Crippen molar-refractivity contribution in [3.8, 4) is 0 Å². The van der Waals surface area contributed by atoms with Gasteiger partial charge in [0.25, 0.3) is 0 Å². The Hall–Kier alpha value is -0.610. The van der Waals surface area contributed by atoms with E-state index >= 15 is 0 Å². The van der Waals surface area contributed by atoms with Crippen LogP contribution in [0.1, 0.15) is 58.3 Å². The van der Waals surface area contributed by atoms with Crippen molar-refractivity contribution in [1.82, 2.24) is 5.32 Å². The fourth-order valence-corrected chi connectivity index (χ4v) is 3.41. The molecular weight excluding hydrogens is 228 g/mol. The van der Waals surface area contributed by atoms with Gasteiger partial charge in [-0.1, -0.05) is 25.7 Å². The molecule has 4 nitrogen and oxygen atoms in total. The molecule has 0 bridgehead atoms. The second kappa shape index (κ2) is 5.17. The van der Waals surface area contributed by atoms with Gasteiger partial charge in [-0.05, 0) is 32.6 Å². The molecule has 0 aromatic carbocycles. The summed E-state index contributed by atoms with van der Waals surface area (Å²) in [6, 6.07) is -0.0446. The maximum absolute atomic E-state index is 12.5. The van der Waals surface area contributed by atoms with E-state index in [1.165, 1.54) is 6.42 Å². The van der Waals surface area contributed by atoms with Gasteiger partial charge in [0.1, 0.15) is 0 Å². The topological polar surface area (TPSA) is 75.3 Å². The lowest BCUT2D eigenvalue weighted by atomic mass is 9.79. The van der Waals surface area contributed by atoms with E-state index in [1.54, 1.807) is 0 Å². The van der Waals surface area contributed by atoms with Crippen molar-refractivity contribution in [2.45, 2.75) is 69.9 Å². The predicted octanol–water partition coefficient (Wildman–Crippen LogP) is 1.32. The molecule has 2 rings (SSSR count). The first kappa shape index (κ1) is 13.8. The Kier molecular flexibility index (Phi) is 3.97. The standard InChI is InChI=1S/C14H26N2O2/c1-13(7-5-6-11(13)15)12(18)16-14(10-17)8-3-2-4-9-14/h11,17H,2-10,15H2,1H3,(H,16,18). The lowest BCUT2D eigenvalue weighted by Crippen LogP contribution is -2.58. The summed E-state index contributed by atoms with van der Waals surface area (Å²) in [7, 11) is 0. The Labute approximate surface area is 109 Å². The normalized spacial score (nSPS) is 35.4. The van der Waals surface area contributed by atoms with E-state index in [9.17, 15) is 9.90 Å². The summed E-state index contributed by atoms with van der Waals surface area (Å²) in [6.45, 7) is 2.01. The Morgan fingerprint density at radius 2 is 1.94 bits per heavy atom. The highest BCUT2D eigenvalue weighted by Crippen LogP contribution is 2.38. The first-order valence-corrected chi connectivity index (χ1v) is 7.21. The van der Waals surface area contributed by atoms with Crippen LogP contribution in [0.25, 0.3) is 0 Å². The molecule has 0 saturated heterocycles. The summed E-state index contributed by atoms with van der Waals surface area (Å²) in [5.74, 6) is 0.0449. The van der Waals surface area contributed by atoms with Crippen molar-refractivity contribution in [2.75, 3.05) is 6.61 Å². The minimum Gasteiger partial charge on any atom is -0.394 e. The number of carbonyl (C=O) groups is 1. The molecule has 0 spiro atoms. The minimum absolute atomic E-state index is 0.0446. The summed E-state index contributed by atoms with van der Waals surface area (Å²) in [4.78, 5) is 12.5. The second-order valence-electron chi connectivity index (χ2n) is 6.37. The number of hydrogen-bond acceptors (Lipinski definition) is 3. The summed E-state index contributed by atoms with van der Waals surface area (Å²) >= 11 is 0. The van der Waals surface area contributed by atoms with E-state index in [0.717, 1.165) is 44.9 Å². The van der Waals surface area contributed by atoms with Crippen LogP contribution < -0.4 is 11.1 Å². The zero-order valence-electron chi connectivity index (χ0n) is 11.4. The van der Waals surface area contributed by atoms with Crippen LogP contribution in [-0.2, 0) is 4.79 Å². The molecule has 2 aliphatic rings. The molecule has 2 atom stereocenters. The summed E-state index contributed by atoms with van der Waals surface area (Å²) in [6.07, 6.45) is 7.97. The van der Waals surface area contributed by atoms with Crippen molar-refractivity contribution in [3.63, 3.8) is 0 Å². The molecule has 2 aliphatic carbocycles. The molecule has 0 radical (unpaired) electrons. The van der Waals surface area contributed by atoms with Gasteiger partial charge >= 0.3 is 0 Å². The lowest BCUT2D eigenvalue weighted by Gasteiger charge is -2.40. The smallest absolute Gasteiger partial charge is 0.228 e. The van der Waals surface area contributed by atoms with Gasteiger partial charge in [0.05, 0.1) is 17.6 Å². The number of amides is 1. The van der Waals surface area contributed by atoms with Gasteiger partial charge in [-0.25, -0.2) is 0 Å². The quantitative estimate of drug-likeness (QED) is 0.711. The average Bonchev–Trinajstić information content (AvgIpc) is 2.72. The van der Waals surface area contributed by atoms with Crippen LogP contribution in [0.15, 0.2) is 0 Å². The average molecular weight is 254 g/mol. The maximum atomic E-state index is 12.5. The van der Waals surface area contributed by atoms with Crippen LogP contribution in [0.5, 0.6) is 0 Å². The zero-order valence-corrected chi connectivity index (χ0v) is 11.4. The van der Waals surface area contributed by atoms with Crippen molar-refractivity contribution in [3.05, 3.63) is 0 Å². The van der Waals surface area contributed by atoms with E-state index in [-0.39, 0.29) is 24.1 Å². The third-order valence-electron chi connectivity index (χ3n) is 5.04. The first-order valence-electron chi connectivity index (χ1n) is 7.21. The number of hydrogen-bond donors (Lipinski definition) is 3. The van der Waals surface area contributed by atoms with Gasteiger partial charge in [0, 0.05) is 6.04 Å². The number of nitrogens with one attached hydrogen (secondary N) is 1. The Balaban J connectivity index is 2.05. The van der Waals surface area contributed by atoms with Crippen LogP contribution in [-0.4, -0.2) is 29.2 Å². The molecule has 2 fully saturated rings. The Bertz CT molecular complexity index is 313. The van der Waals surface area contributed by atoms with E-state index < -0.39 is 5.41 Å². The molecule has 18 heavy (non-hydrogen) atoms. The van der Waals surface area contributed by atoms with Crippen LogP contribution in [0.2, 0.25) is 0 Å². The SMILES string of the molecule is CC1(C(=O)NC2(CO)CCCCC2)CCCC1N. The van der Waals surface area contributed by atoms with E-state index in [4.69, 9.17) is 5.73 Å². The fourth-order valence-electron chi connectivity index (χ4n) is 3.41. The number of carbonyl (C=O) groups excluding carboxylic acids is 1. The Morgan fingerprint density at radius 1 is 1.28 bits per heavy atom. The van der Waals surface area contributed by atoms with E-state index in [0.29, 0.717) is 0 Å². The van der Waals surface area contributed by atoms with Crippen LogP contribution in [0, 0.1) is 5.41 Å². The summed E-state index contributed by atoms with van der Waals surface area (Å²) in [5.41, 5.74) is 5.25. The number of rotatable bonds is 3. The molecule has 2 saturated carbocycles. The number of aliphatic hydroxyl groups is 1. The van der Waals surface area contributed by atoms with Gasteiger partial charge in [-0.2, -0.15) is 0 Å². The van der Waals surface area contributed by atoms with Gasteiger partial charge in [0.15, 0.2) is 0 Å².